The van der Waals surface area contributed by atoms with E-state index in [9.17, 15) is 4.79 Å². The zero-order valence-corrected chi connectivity index (χ0v) is 20.6. The first-order valence-electron chi connectivity index (χ1n) is 10.2. The summed E-state index contributed by atoms with van der Waals surface area (Å²) >= 11 is 6.02. The predicted octanol–water partition coefficient (Wildman–Crippen LogP) is -4.09. The minimum atomic E-state index is 0. The summed E-state index contributed by atoms with van der Waals surface area (Å²) in [4.78, 5) is 15.6. The van der Waals surface area contributed by atoms with E-state index in [0.717, 1.165) is 54.6 Å². The van der Waals surface area contributed by atoms with Gasteiger partial charge >= 0.3 is 0 Å². The largest absolute Gasteiger partial charge is 1.00 e. The van der Waals surface area contributed by atoms with Crippen LogP contribution in [0.25, 0.3) is 0 Å². The summed E-state index contributed by atoms with van der Waals surface area (Å²) in [7, 11) is 0. The van der Waals surface area contributed by atoms with Gasteiger partial charge in [0.2, 0.25) is 0 Å². The molecule has 0 spiro atoms. The zero-order valence-electron chi connectivity index (χ0n) is 18.3. The smallest absolute Gasteiger partial charge is 0.279 e. The van der Waals surface area contributed by atoms with Crippen LogP contribution in [0.15, 0.2) is 42.5 Å². The van der Waals surface area contributed by atoms with Crippen molar-refractivity contribution >= 4 is 23.2 Å². The van der Waals surface area contributed by atoms with Crippen LogP contribution in [0.2, 0.25) is 5.02 Å². The van der Waals surface area contributed by atoms with Gasteiger partial charge < -0.3 is 39.9 Å². The fourth-order valence-corrected chi connectivity index (χ4v) is 3.64. The number of halogens is 3. The first kappa shape index (κ1) is 28.7. The van der Waals surface area contributed by atoms with Crippen molar-refractivity contribution in [3.8, 4) is 0 Å². The molecule has 0 aromatic heterocycles. The van der Waals surface area contributed by atoms with Crippen molar-refractivity contribution in [3.63, 3.8) is 0 Å². The number of quaternary nitrogens is 2. The molecule has 0 radical (unpaired) electrons. The lowest BCUT2D eigenvalue weighted by Gasteiger charge is -2.22. The van der Waals surface area contributed by atoms with E-state index in [0.29, 0.717) is 6.54 Å². The molecular weight excluding hydrogens is 441 g/mol. The maximum absolute atomic E-state index is 12.8. The third kappa shape index (κ3) is 9.23. The molecule has 0 aliphatic rings. The molecule has 0 heterocycles. The summed E-state index contributed by atoms with van der Waals surface area (Å²) < 4.78 is 0. The first-order valence-corrected chi connectivity index (χ1v) is 10.6. The summed E-state index contributed by atoms with van der Waals surface area (Å²) in [6, 6.07) is 14.0. The van der Waals surface area contributed by atoms with Gasteiger partial charge in [-0.05, 0) is 51.0 Å². The number of likely N-dealkylation sites (N-methyl/N-ethyl adjacent to an activating group) is 1. The number of carbonyl (C=O) groups is 1. The molecule has 4 nitrogen and oxygen atoms in total. The molecule has 30 heavy (non-hydrogen) atoms. The molecule has 2 rings (SSSR count). The Bertz CT molecular complexity index is 745. The number of para-hydroxylation sites is 1. The topological polar surface area (TPSA) is 38.0 Å². The second-order valence-electron chi connectivity index (χ2n) is 7.50. The lowest BCUT2D eigenvalue weighted by Crippen LogP contribution is -3.20. The van der Waals surface area contributed by atoms with Crippen LogP contribution in [-0.4, -0.2) is 38.6 Å². The van der Waals surface area contributed by atoms with Crippen LogP contribution >= 0.6 is 11.6 Å². The molecule has 7 heteroatoms. The second-order valence-corrected chi connectivity index (χ2v) is 7.94. The Morgan fingerprint density at radius 2 is 1.43 bits per heavy atom. The van der Waals surface area contributed by atoms with E-state index >= 15 is 0 Å². The van der Waals surface area contributed by atoms with E-state index in [1.54, 1.807) is 4.90 Å². The third-order valence-corrected chi connectivity index (χ3v) is 5.61. The fourth-order valence-electron chi connectivity index (χ4n) is 3.51. The quantitative estimate of drug-likeness (QED) is 0.322. The van der Waals surface area contributed by atoms with Crippen LogP contribution in [0, 0.1) is 13.8 Å². The summed E-state index contributed by atoms with van der Waals surface area (Å²) in [5.41, 5.74) is 4.34. The zero-order chi connectivity index (χ0) is 20.5. The van der Waals surface area contributed by atoms with Crippen LogP contribution in [0.4, 0.5) is 5.69 Å². The summed E-state index contributed by atoms with van der Waals surface area (Å²) in [6.45, 7) is 14.0. The number of aryl methyl sites for hydroxylation is 2. The fraction of sp³-hybridized carbons (Fsp3) is 0.435. The normalized spacial score (nSPS) is 11.4. The SMILES string of the molecule is CC[NH+](CC)CC[NH+](CC(=O)Nc1c(C)cccc1C)Cc1ccc(Cl)cc1.[Cl-].[Cl-]. The number of nitrogens with one attached hydrogen (secondary N) is 3. The Balaban J connectivity index is 0.00000420. The van der Waals surface area contributed by atoms with Crippen LogP contribution in [0.5, 0.6) is 0 Å². The van der Waals surface area contributed by atoms with Gasteiger partial charge in [0, 0.05) is 16.3 Å². The molecule has 1 amide bonds. The van der Waals surface area contributed by atoms with Crippen LogP contribution in [-0.2, 0) is 11.3 Å². The standard InChI is InChI=1S/C23H32ClN3O.2ClH/c1-5-26(6-2)14-15-27(16-20-10-12-21(24)13-11-20)17-22(28)25-23-18(3)8-7-9-19(23)4;;/h7-13H,5-6,14-17H2,1-4H3,(H,25,28);2*1H. The van der Waals surface area contributed by atoms with Crippen LogP contribution < -0.4 is 39.9 Å². The molecule has 3 N–H and O–H groups in total. The Labute approximate surface area is 198 Å². The highest BCUT2D eigenvalue weighted by atomic mass is 35.5. The molecule has 0 aliphatic carbocycles. The van der Waals surface area contributed by atoms with Gasteiger partial charge in [0.25, 0.3) is 5.91 Å². The summed E-state index contributed by atoms with van der Waals surface area (Å²) in [6.07, 6.45) is 0. The first-order chi connectivity index (χ1) is 13.4. The van der Waals surface area contributed by atoms with Gasteiger partial charge in [-0.2, -0.15) is 0 Å². The van der Waals surface area contributed by atoms with Crippen molar-refractivity contribution in [2.75, 3.05) is 38.0 Å². The molecular formula is C23H34Cl3N3O. The molecule has 168 valence electrons. The van der Waals surface area contributed by atoms with E-state index in [1.807, 2.05) is 44.2 Å². The van der Waals surface area contributed by atoms with Crippen molar-refractivity contribution in [3.05, 3.63) is 64.2 Å². The number of rotatable bonds is 10. The minimum Gasteiger partial charge on any atom is -1.00 e. The Kier molecular flexibility index (Phi) is 14.0. The maximum Gasteiger partial charge on any atom is 0.279 e. The summed E-state index contributed by atoms with van der Waals surface area (Å²) in [5.74, 6) is 0.0657. The monoisotopic (exact) mass is 473 g/mol. The van der Waals surface area contributed by atoms with Crippen LogP contribution in [0.1, 0.15) is 30.5 Å². The highest BCUT2D eigenvalue weighted by Crippen LogP contribution is 2.18. The number of benzene rings is 2. The van der Waals surface area contributed by atoms with E-state index in [1.165, 1.54) is 10.5 Å². The minimum absolute atomic E-state index is 0. The maximum atomic E-state index is 12.8. The Morgan fingerprint density at radius 1 is 0.900 bits per heavy atom. The lowest BCUT2D eigenvalue weighted by atomic mass is 10.1. The van der Waals surface area contributed by atoms with Gasteiger partial charge in [0.15, 0.2) is 6.54 Å². The van der Waals surface area contributed by atoms with Gasteiger partial charge in [-0.1, -0.05) is 41.9 Å². The van der Waals surface area contributed by atoms with Crippen molar-refractivity contribution in [2.24, 2.45) is 0 Å². The third-order valence-electron chi connectivity index (χ3n) is 5.36. The van der Waals surface area contributed by atoms with Crippen LogP contribution in [0.3, 0.4) is 0 Å². The van der Waals surface area contributed by atoms with E-state index in [-0.39, 0.29) is 30.7 Å². The molecule has 0 saturated heterocycles. The number of carbonyl (C=O) groups excluding carboxylic acids is 1. The molecule has 0 saturated carbocycles. The second kappa shape index (κ2) is 14.7. The average molecular weight is 475 g/mol. The van der Waals surface area contributed by atoms with Crippen molar-refractivity contribution in [1.82, 2.24) is 0 Å². The van der Waals surface area contributed by atoms with Crippen molar-refractivity contribution < 1.29 is 39.4 Å². The Hall–Kier alpha value is -1.30. The molecule has 2 aromatic carbocycles. The van der Waals surface area contributed by atoms with Gasteiger partial charge in [-0.3, -0.25) is 4.79 Å². The molecule has 2 aromatic rings. The van der Waals surface area contributed by atoms with E-state index in [4.69, 9.17) is 11.6 Å². The van der Waals surface area contributed by atoms with Gasteiger partial charge in [-0.15, -0.1) is 0 Å². The molecule has 0 bridgehead atoms. The molecule has 0 fully saturated rings. The highest BCUT2D eigenvalue weighted by molar-refractivity contribution is 6.30. The highest BCUT2D eigenvalue weighted by Gasteiger charge is 2.18. The van der Waals surface area contributed by atoms with E-state index < -0.39 is 0 Å². The summed E-state index contributed by atoms with van der Waals surface area (Å²) in [5, 5.41) is 3.87. The van der Waals surface area contributed by atoms with Gasteiger partial charge in [0.1, 0.15) is 19.6 Å². The predicted molar refractivity (Wildman–Crippen MR) is 117 cm³/mol. The van der Waals surface area contributed by atoms with Gasteiger partial charge in [-0.25, -0.2) is 0 Å². The molecule has 1 unspecified atom stereocenters. The number of amides is 1. The van der Waals surface area contributed by atoms with Crippen molar-refractivity contribution in [2.45, 2.75) is 34.2 Å². The van der Waals surface area contributed by atoms with Crippen molar-refractivity contribution in [1.29, 1.82) is 0 Å². The molecule has 1 atom stereocenters. The average Bonchev–Trinajstić information content (AvgIpc) is 2.67. The van der Waals surface area contributed by atoms with Gasteiger partial charge in [0.05, 0.1) is 13.1 Å². The number of hydrogen-bond acceptors (Lipinski definition) is 1. The Morgan fingerprint density at radius 3 is 1.97 bits per heavy atom. The molecule has 0 aliphatic heterocycles. The van der Waals surface area contributed by atoms with E-state index in [2.05, 4.69) is 31.3 Å². The number of anilines is 1. The number of hydrogen-bond donors (Lipinski definition) is 3. The lowest BCUT2D eigenvalue weighted by molar-refractivity contribution is -0.958.